The molecule has 4 nitrogen and oxygen atoms in total. The van der Waals surface area contributed by atoms with Crippen LogP contribution in [0.15, 0.2) is 41.8 Å². The first-order valence-corrected chi connectivity index (χ1v) is 7.24. The maximum atomic E-state index is 11.6. The molecule has 1 aromatic carbocycles. The molecule has 6 heteroatoms. The van der Waals surface area contributed by atoms with Crippen molar-refractivity contribution in [1.82, 2.24) is 5.32 Å². The third kappa shape index (κ3) is 4.68. The summed E-state index contributed by atoms with van der Waals surface area (Å²) in [5.74, 6) is -0.439. The number of nitrogens with one attached hydrogen (secondary N) is 2. The standard InChI is InChI=1S/C14H13ClN2O2S/c15-10-3-5-11(6-4-10)17-14(19)9-16-13(18)8-12-2-1-7-20-12/h1-7H,8-9H2,(H,16,18)(H,17,19). The van der Waals surface area contributed by atoms with E-state index in [9.17, 15) is 9.59 Å². The second-order valence-corrected chi connectivity index (χ2v) is 5.56. The van der Waals surface area contributed by atoms with Gasteiger partial charge in [-0.2, -0.15) is 0 Å². The van der Waals surface area contributed by atoms with Crippen LogP contribution in [0.4, 0.5) is 5.69 Å². The Hall–Kier alpha value is -1.85. The summed E-state index contributed by atoms with van der Waals surface area (Å²) >= 11 is 7.27. The molecule has 20 heavy (non-hydrogen) atoms. The summed E-state index contributed by atoms with van der Waals surface area (Å²) in [6, 6.07) is 10.6. The molecule has 0 aliphatic carbocycles. The van der Waals surface area contributed by atoms with Crippen LogP contribution in [0.1, 0.15) is 4.88 Å². The average Bonchev–Trinajstić information content (AvgIpc) is 2.92. The van der Waals surface area contributed by atoms with Gasteiger partial charge in [0.15, 0.2) is 0 Å². The first kappa shape index (κ1) is 14.6. The summed E-state index contributed by atoms with van der Waals surface area (Å²) in [6.07, 6.45) is 0.298. The third-order valence-corrected chi connectivity index (χ3v) is 3.62. The molecule has 0 radical (unpaired) electrons. The van der Waals surface area contributed by atoms with Gasteiger partial charge in [-0.05, 0) is 35.7 Å². The van der Waals surface area contributed by atoms with Crippen molar-refractivity contribution in [3.05, 3.63) is 51.7 Å². The van der Waals surface area contributed by atoms with Crippen molar-refractivity contribution in [2.45, 2.75) is 6.42 Å². The van der Waals surface area contributed by atoms with Crippen LogP contribution in [-0.4, -0.2) is 18.4 Å². The molecule has 0 saturated carbocycles. The summed E-state index contributed by atoms with van der Waals surface area (Å²) in [5.41, 5.74) is 0.645. The maximum Gasteiger partial charge on any atom is 0.243 e. The van der Waals surface area contributed by atoms with E-state index in [0.717, 1.165) is 4.88 Å². The van der Waals surface area contributed by atoms with Gasteiger partial charge in [0, 0.05) is 15.6 Å². The van der Waals surface area contributed by atoms with E-state index in [1.807, 2.05) is 17.5 Å². The summed E-state index contributed by atoms with van der Waals surface area (Å²) in [6.45, 7) is -0.0488. The lowest BCUT2D eigenvalue weighted by atomic mass is 10.3. The molecule has 2 amide bonds. The van der Waals surface area contributed by atoms with Crippen molar-refractivity contribution in [3.8, 4) is 0 Å². The van der Waals surface area contributed by atoms with E-state index >= 15 is 0 Å². The van der Waals surface area contributed by atoms with Crippen molar-refractivity contribution < 1.29 is 9.59 Å². The molecule has 0 aliphatic heterocycles. The second-order valence-electron chi connectivity index (χ2n) is 4.09. The van der Waals surface area contributed by atoms with Crippen molar-refractivity contribution in [2.24, 2.45) is 0 Å². The highest BCUT2D eigenvalue weighted by Gasteiger charge is 2.07. The highest BCUT2D eigenvalue weighted by molar-refractivity contribution is 7.10. The van der Waals surface area contributed by atoms with Gasteiger partial charge < -0.3 is 10.6 Å². The van der Waals surface area contributed by atoms with Crippen molar-refractivity contribution in [2.75, 3.05) is 11.9 Å². The number of halogens is 1. The molecule has 1 aromatic heterocycles. The van der Waals surface area contributed by atoms with Crippen LogP contribution in [-0.2, 0) is 16.0 Å². The smallest absolute Gasteiger partial charge is 0.243 e. The second kappa shape index (κ2) is 7.07. The van der Waals surface area contributed by atoms with Gasteiger partial charge >= 0.3 is 0 Å². The number of anilines is 1. The van der Waals surface area contributed by atoms with Crippen LogP contribution in [0.2, 0.25) is 5.02 Å². The highest BCUT2D eigenvalue weighted by Crippen LogP contribution is 2.13. The van der Waals surface area contributed by atoms with Gasteiger partial charge in [-0.25, -0.2) is 0 Å². The van der Waals surface area contributed by atoms with Gasteiger partial charge in [0.25, 0.3) is 0 Å². The predicted molar refractivity (Wildman–Crippen MR) is 81.1 cm³/mol. The Balaban J connectivity index is 1.74. The Morgan fingerprint density at radius 1 is 1.10 bits per heavy atom. The highest BCUT2D eigenvalue weighted by atomic mass is 35.5. The molecule has 0 fully saturated rings. The molecule has 2 rings (SSSR count). The number of thiophene rings is 1. The molecular weight excluding hydrogens is 296 g/mol. The lowest BCUT2D eigenvalue weighted by Gasteiger charge is -2.06. The van der Waals surface area contributed by atoms with E-state index in [2.05, 4.69) is 10.6 Å². The van der Waals surface area contributed by atoms with E-state index in [1.165, 1.54) is 11.3 Å². The molecule has 0 spiro atoms. The molecule has 2 N–H and O–H groups in total. The Morgan fingerprint density at radius 3 is 2.50 bits per heavy atom. The van der Waals surface area contributed by atoms with Gasteiger partial charge in [0.05, 0.1) is 13.0 Å². The van der Waals surface area contributed by atoms with E-state index in [4.69, 9.17) is 11.6 Å². The average molecular weight is 309 g/mol. The van der Waals surface area contributed by atoms with Gasteiger partial charge in [-0.3, -0.25) is 9.59 Å². The minimum absolute atomic E-state index is 0.0488. The quantitative estimate of drug-likeness (QED) is 0.892. The first-order chi connectivity index (χ1) is 9.63. The molecule has 0 aliphatic rings. The zero-order valence-corrected chi connectivity index (χ0v) is 12.1. The normalized spacial score (nSPS) is 10.1. The summed E-state index contributed by atoms with van der Waals surface area (Å²) in [5, 5.41) is 7.77. The molecule has 0 bridgehead atoms. The van der Waals surface area contributed by atoms with Crippen LogP contribution in [0, 0.1) is 0 Å². The fourth-order valence-corrected chi connectivity index (χ4v) is 2.38. The number of carbonyl (C=O) groups excluding carboxylic acids is 2. The fourth-order valence-electron chi connectivity index (χ4n) is 1.55. The first-order valence-electron chi connectivity index (χ1n) is 5.98. The largest absolute Gasteiger partial charge is 0.347 e. The number of benzene rings is 1. The van der Waals surface area contributed by atoms with E-state index in [1.54, 1.807) is 24.3 Å². The molecular formula is C14H13ClN2O2S. The zero-order valence-electron chi connectivity index (χ0n) is 10.6. The lowest BCUT2D eigenvalue weighted by Crippen LogP contribution is -2.33. The van der Waals surface area contributed by atoms with E-state index in [-0.39, 0.29) is 18.4 Å². The number of hydrogen-bond acceptors (Lipinski definition) is 3. The van der Waals surface area contributed by atoms with Gasteiger partial charge in [0.2, 0.25) is 11.8 Å². The van der Waals surface area contributed by atoms with Gasteiger partial charge in [-0.15, -0.1) is 11.3 Å². The van der Waals surface area contributed by atoms with Crippen LogP contribution < -0.4 is 10.6 Å². The summed E-state index contributed by atoms with van der Waals surface area (Å²) in [7, 11) is 0. The fraction of sp³-hybridized carbons (Fsp3) is 0.143. The molecule has 2 aromatic rings. The molecule has 0 unspecified atom stereocenters. The monoisotopic (exact) mass is 308 g/mol. The number of carbonyl (C=O) groups is 2. The minimum atomic E-state index is -0.271. The van der Waals surface area contributed by atoms with E-state index in [0.29, 0.717) is 17.1 Å². The Labute approximate surface area is 125 Å². The van der Waals surface area contributed by atoms with E-state index < -0.39 is 0 Å². The predicted octanol–water partition coefficient (Wildman–Crippen LogP) is 2.70. The van der Waals surface area contributed by atoms with Crippen molar-refractivity contribution >= 4 is 40.4 Å². The van der Waals surface area contributed by atoms with Crippen LogP contribution >= 0.6 is 22.9 Å². The molecule has 104 valence electrons. The third-order valence-electron chi connectivity index (χ3n) is 2.49. The SMILES string of the molecule is O=C(Cc1cccs1)NCC(=O)Nc1ccc(Cl)cc1. The lowest BCUT2D eigenvalue weighted by molar-refractivity contribution is -0.123. The summed E-state index contributed by atoms with van der Waals surface area (Å²) < 4.78 is 0. The van der Waals surface area contributed by atoms with Gasteiger partial charge in [-0.1, -0.05) is 17.7 Å². The number of hydrogen-bond donors (Lipinski definition) is 2. The zero-order chi connectivity index (χ0) is 14.4. The number of rotatable bonds is 5. The van der Waals surface area contributed by atoms with Crippen molar-refractivity contribution in [1.29, 1.82) is 0 Å². The molecule has 1 heterocycles. The Bertz CT molecular complexity index is 582. The number of amides is 2. The van der Waals surface area contributed by atoms with Gasteiger partial charge in [0.1, 0.15) is 0 Å². The Morgan fingerprint density at radius 2 is 1.85 bits per heavy atom. The molecule has 0 saturated heterocycles. The Kier molecular flexibility index (Phi) is 5.15. The minimum Gasteiger partial charge on any atom is -0.347 e. The topological polar surface area (TPSA) is 58.2 Å². The van der Waals surface area contributed by atoms with Crippen LogP contribution in [0.25, 0.3) is 0 Å². The molecule has 0 atom stereocenters. The van der Waals surface area contributed by atoms with Crippen LogP contribution in [0.5, 0.6) is 0 Å². The maximum absolute atomic E-state index is 11.6. The van der Waals surface area contributed by atoms with Crippen LogP contribution in [0.3, 0.4) is 0 Å². The summed E-state index contributed by atoms with van der Waals surface area (Å²) in [4.78, 5) is 24.2. The van der Waals surface area contributed by atoms with Crippen molar-refractivity contribution in [3.63, 3.8) is 0 Å².